The van der Waals surface area contributed by atoms with Crippen molar-refractivity contribution in [3.05, 3.63) is 0 Å². The maximum atomic E-state index is 12.2. The summed E-state index contributed by atoms with van der Waals surface area (Å²) in [7, 11) is 0. The van der Waals surface area contributed by atoms with E-state index in [1.165, 1.54) is 32.1 Å². The van der Waals surface area contributed by atoms with Gasteiger partial charge in [0.1, 0.15) is 11.4 Å². The van der Waals surface area contributed by atoms with Gasteiger partial charge in [-0.25, -0.2) is 0 Å². The Kier molecular flexibility index (Phi) is 4.31. The summed E-state index contributed by atoms with van der Waals surface area (Å²) < 4.78 is 0. The lowest BCUT2D eigenvalue weighted by Gasteiger charge is -2.56. The maximum Gasteiger partial charge on any atom is 0.133 e. The van der Waals surface area contributed by atoms with E-state index in [1.54, 1.807) is 0 Å². The fourth-order valence-electron chi connectivity index (χ4n) is 7.89. The van der Waals surface area contributed by atoms with Crippen molar-refractivity contribution in [3.8, 4) is 11.8 Å². The van der Waals surface area contributed by atoms with E-state index < -0.39 is 5.60 Å². The van der Waals surface area contributed by atoms with E-state index in [-0.39, 0.29) is 5.41 Å². The van der Waals surface area contributed by atoms with E-state index >= 15 is 0 Å². The number of aliphatic hydroxyl groups is 1. The first kappa shape index (κ1) is 17.6. The molecule has 0 spiro atoms. The molecule has 0 amide bonds. The Labute approximate surface area is 153 Å². The van der Waals surface area contributed by atoms with Crippen molar-refractivity contribution in [2.45, 2.75) is 84.2 Å². The molecule has 4 aliphatic carbocycles. The zero-order chi connectivity index (χ0) is 17.8. The highest BCUT2D eigenvalue weighted by Crippen LogP contribution is 2.64. The van der Waals surface area contributed by atoms with Crippen LogP contribution in [0.15, 0.2) is 0 Å². The Morgan fingerprint density at radius 2 is 1.76 bits per heavy atom. The Hall–Kier alpha value is -0.810. The lowest BCUT2D eigenvalue weighted by atomic mass is 9.49. The van der Waals surface area contributed by atoms with Crippen LogP contribution in [0.4, 0.5) is 0 Å². The molecule has 0 radical (unpaired) electrons. The first-order valence-corrected chi connectivity index (χ1v) is 10.5. The monoisotopic (exact) mass is 342 g/mol. The van der Waals surface area contributed by atoms with E-state index in [1.807, 2.05) is 13.8 Å². The summed E-state index contributed by atoms with van der Waals surface area (Å²) in [5.41, 5.74) is -0.456. The van der Waals surface area contributed by atoms with Crippen molar-refractivity contribution < 1.29 is 9.90 Å². The van der Waals surface area contributed by atoms with Gasteiger partial charge in [0.05, 0.1) is 0 Å². The minimum absolute atomic E-state index is 0.267. The smallest absolute Gasteiger partial charge is 0.133 e. The molecule has 4 rings (SSSR count). The molecular formula is C23H34O2. The van der Waals surface area contributed by atoms with Gasteiger partial charge in [0.25, 0.3) is 0 Å². The van der Waals surface area contributed by atoms with Crippen molar-refractivity contribution in [3.63, 3.8) is 0 Å². The summed E-state index contributed by atoms with van der Waals surface area (Å²) in [6.45, 7) is 6.09. The molecule has 25 heavy (non-hydrogen) atoms. The molecule has 2 nitrogen and oxygen atoms in total. The highest BCUT2D eigenvalue weighted by atomic mass is 16.3. The van der Waals surface area contributed by atoms with Crippen LogP contribution >= 0.6 is 0 Å². The topological polar surface area (TPSA) is 37.3 Å². The zero-order valence-corrected chi connectivity index (χ0v) is 16.2. The summed E-state index contributed by atoms with van der Waals surface area (Å²) in [6, 6.07) is 0. The number of hydrogen-bond acceptors (Lipinski definition) is 2. The third kappa shape index (κ3) is 2.69. The van der Waals surface area contributed by atoms with Gasteiger partial charge in [-0.05, 0) is 107 Å². The number of Topliss-reactive ketones (excluding diaryl/α,β-unsaturated/α-hetero) is 1. The Morgan fingerprint density at radius 3 is 2.48 bits per heavy atom. The SMILES string of the molecule is CC#C[C@@]1(O)CC[C@H]2C(CCC3C2CC[C@@]2(C)C3CC[C@@H]2C(C)=O)C1. The molecule has 0 aromatic rings. The Morgan fingerprint density at radius 1 is 1.00 bits per heavy atom. The first-order valence-electron chi connectivity index (χ1n) is 10.5. The minimum Gasteiger partial charge on any atom is -0.378 e. The lowest BCUT2D eigenvalue weighted by molar-refractivity contribution is -0.129. The molecule has 4 saturated carbocycles. The van der Waals surface area contributed by atoms with Gasteiger partial charge in [-0.15, -0.1) is 5.92 Å². The fourth-order valence-corrected chi connectivity index (χ4v) is 7.89. The summed E-state index contributed by atoms with van der Waals surface area (Å²) in [5, 5.41) is 10.8. The van der Waals surface area contributed by atoms with E-state index in [4.69, 9.17) is 0 Å². The third-order valence-electron chi connectivity index (χ3n) is 8.86. The molecule has 4 unspecified atom stereocenters. The summed E-state index contributed by atoms with van der Waals surface area (Å²) in [6.07, 6.45) is 10.4. The van der Waals surface area contributed by atoms with Crippen LogP contribution in [0.3, 0.4) is 0 Å². The Balaban J connectivity index is 1.53. The van der Waals surface area contributed by atoms with Crippen molar-refractivity contribution in [2.75, 3.05) is 0 Å². The largest absolute Gasteiger partial charge is 0.378 e. The molecule has 4 fully saturated rings. The van der Waals surface area contributed by atoms with Crippen LogP contribution in [0.25, 0.3) is 0 Å². The Bertz CT molecular complexity index is 613. The number of rotatable bonds is 1. The van der Waals surface area contributed by atoms with Crippen LogP contribution in [-0.2, 0) is 4.79 Å². The van der Waals surface area contributed by atoms with Crippen LogP contribution in [-0.4, -0.2) is 16.5 Å². The van der Waals surface area contributed by atoms with Crippen LogP contribution in [0.5, 0.6) is 0 Å². The van der Waals surface area contributed by atoms with Crippen LogP contribution < -0.4 is 0 Å². The highest BCUT2D eigenvalue weighted by molar-refractivity contribution is 5.79. The van der Waals surface area contributed by atoms with Crippen molar-refractivity contribution >= 4 is 5.78 Å². The van der Waals surface area contributed by atoms with E-state index in [2.05, 4.69) is 18.8 Å². The normalized spacial score (nSPS) is 51.5. The molecule has 0 aromatic carbocycles. The number of fused-ring (bicyclic) bond motifs is 5. The third-order valence-corrected chi connectivity index (χ3v) is 8.86. The standard InChI is InChI=1S/C23H34O2/c1-4-11-23(25)13-10-17-16(14-23)5-6-19-18(17)9-12-22(3)20(15(2)24)7-8-21(19)22/h16-21,25H,5-10,12-14H2,1-3H3/t16?,17-,18?,19?,20+,21?,22+,23+/m0/s1. The number of hydrogen-bond donors (Lipinski definition) is 1. The quantitative estimate of drug-likeness (QED) is 0.707. The minimum atomic E-state index is -0.723. The average Bonchev–Trinajstić information content (AvgIpc) is 2.91. The van der Waals surface area contributed by atoms with Crippen molar-refractivity contribution in [1.29, 1.82) is 0 Å². The first-order chi connectivity index (χ1) is 11.9. The molecule has 0 aliphatic heterocycles. The van der Waals surface area contributed by atoms with E-state index in [0.29, 0.717) is 17.6 Å². The second kappa shape index (κ2) is 6.12. The fraction of sp³-hybridized carbons (Fsp3) is 0.870. The summed E-state index contributed by atoms with van der Waals surface area (Å²) in [5.74, 6) is 10.7. The maximum absolute atomic E-state index is 12.2. The van der Waals surface area contributed by atoms with Crippen LogP contribution in [0.2, 0.25) is 0 Å². The highest BCUT2D eigenvalue weighted by Gasteiger charge is 2.58. The van der Waals surface area contributed by atoms with Crippen molar-refractivity contribution in [1.82, 2.24) is 0 Å². The van der Waals surface area contributed by atoms with Gasteiger partial charge in [-0.1, -0.05) is 12.8 Å². The predicted octanol–water partition coefficient (Wildman–Crippen LogP) is 4.60. The van der Waals surface area contributed by atoms with Crippen molar-refractivity contribution in [2.24, 2.45) is 40.9 Å². The van der Waals surface area contributed by atoms with E-state index in [9.17, 15) is 9.90 Å². The van der Waals surface area contributed by atoms with Gasteiger partial charge >= 0.3 is 0 Å². The molecule has 8 atom stereocenters. The van der Waals surface area contributed by atoms with Gasteiger partial charge in [-0.3, -0.25) is 4.79 Å². The van der Waals surface area contributed by atoms with Crippen LogP contribution in [0, 0.1) is 52.8 Å². The lowest BCUT2D eigenvalue weighted by Crippen LogP contribution is -2.51. The van der Waals surface area contributed by atoms with Gasteiger partial charge < -0.3 is 5.11 Å². The molecule has 138 valence electrons. The zero-order valence-electron chi connectivity index (χ0n) is 16.2. The molecular weight excluding hydrogens is 308 g/mol. The molecule has 0 aromatic heterocycles. The molecule has 0 saturated heterocycles. The van der Waals surface area contributed by atoms with Crippen LogP contribution in [0.1, 0.15) is 78.6 Å². The summed E-state index contributed by atoms with van der Waals surface area (Å²) in [4.78, 5) is 12.2. The molecule has 0 heterocycles. The molecule has 1 N–H and O–H groups in total. The molecule has 2 heteroatoms. The summed E-state index contributed by atoms with van der Waals surface area (Å²) >= 11 is 0. The van der Waals surface area contributed by atoms with Gasteiger partial charge in [-0.2, -0.15) is 0 Å². The van der Waals surface area contributed by atoms with Gasteiger partial charge in [0, 0.05) is 5.92 Å². The number of ketones is 1. The number of carbonyl (C=O) groups is 1. The van der Waals surface area contributed by atoms with Gasteiger partial charge in [0.2, 0.25) is 0 Å². The van der Waals surface area contributed by atoms with E-state index in [0.717, 1.165) is 49.4 Å². The predicted molar refractivity (Wildman–Crippen MR) is 99.7 cm³/mol. The number of carbonyl (C=O) groups excluding carboxylic acids is 1. The molecule has 4 aliphatic rings. The van der Waals surface area contributed by atoms with Gasteiger partial charge in [0.15, 0.2) is 0 Å². The second-order valence-corrected chi connectivity index (χ2v) is 9.87. The second-order valence-electron chi connectivity index (χ2n) is 9.87. The average molecular weight is 343 g/mol. The molecule has 0 bridgehead atoms.